The Morgan fingerprint density at radius 3 is 2.59 bits per heavy atom. The first kappa shape index (κ1) is 13.9. The van der Waals surface area contributed by atoms with Crippen molar-refractivity contribution in [3.8, 4) is 0 Å². The number of aromatic nitrogens is 4. The van der Waals surface area contributed by atoms with E-state index in [1.54, 1.807) is 10.9 Å². The molecule has 3 rings (SSSR count). The van der Waals surface area contributed by atoms with Crippen molar-refractivity contribution in [2.75, 3.05) is 0 Å². The number of rotatable bonds is 5. The summed E-state index contributed by atoms with van der Waals surface area (Å²) in [4.78, 5) is 13.9. The van der Waals surface area contributed by atoms with Crippen LogP contribution in [0.15, 0.2) is 66.2 Å². The van der Waals surface area contributed by atoms with Crippen LogP contribution in [0.25, 0.3) is 0 Å². The van der Waals surface area contributed by atoms with Crippen LogP contribution in [-0.2, 0) is 18.5 Å². The summed E-state index contributed by atoms with van der Waals surface area (Å²) in [6.07, 6.45) is 3.22. The predicted molar refractivity (Wildman–Crippen MR) is 82.1 cm³/mol. The quantitative estimate of drug-likeness (QED) is 0.534. The van der Waals surface area contributed by atoms with Crippen LogP contribution in [0.2, 0.25) is 0 Å². The van der Waals surface area contributed by atoms with Crippen molar-refractivity contribution in [1.82, 2.24) is 19.7 Å². The first-order valence-electron chi connectivity index (χ1n) is 6.84. The third-order valence-corrected chi connectivity index (χ3v) is 3.06. The number of hydrogen-bond donors (Lipinski definition) is 0. The lowest BCUT2D eigenvalue weighted by atomic mass is 10.1. The molecule has 0 atom stereocenters. The highest BCUT2D eigenvalue weighted by Gasteiger charge is 2.13. The Kier molecular flexibility index (Phi) is 4.20. The van der Waals surface area contributed by atoms with Gasteiger partial charge in [0.05, 0.1) is 5.69 Å². The van der Waals surface area contributed by atoms with E-state index >= 15 is 0 Å². The lowest BCUT2D eigenvalue weighted by molar-refractivity contribution is 0.128. The Morgan fingerprint density at radius 1 is 1.09 bits per heavy atom. The minimum atomic E-state index is 0.301. The molecule has 0 aliphatic rings. The Hall–Kier alpha value is -3.02. The fraction of sp³-hybridized carbons (Fsp3) is 0.125. The number of aryl methyl sites for hydroxylation is 1. The number of pyridine rings is 1. The molecule has 1 aromatic carbocycles. The molecule has 0 fully saturated rings. The number of benzene rings is 1. The van der Waals surface area contributed by atoms with Crippen LogP contribution in [0.3, 0.4) is 0 Å². The molecule has 2 aromatic heterocycles. The molecule has 0 aliphatic heterocycles. The van der Waals surface area contributed by atoms with Crippen LogP contribution < -0.4 is 0 Å². The molecule has 0 bridgehead atoms. The van der Waals surface area contributed by atoms with E-state index in [0.717, 1.165) is 11.3 Å². The van der Waals surface area contributed by atoms with Crippen LogP contribution in [0.1, 0.15) is 17.1 Å². The average molecular weight is 293 g/mol. The molecule has 0 amide bonds. The number of hydrogen-bond acceptors (Lipinski definition) is 5. The molecule has 0 radical (unpaired) electrons. The minimum absolute atomic E-state index is 0.301. The minimum Gasteiger partial charge on any atom is -0.389 e. The highest BCUT2D eigenvalue weighted by Crippen LogP contribution is 2.09. The van der Waals surface area contributed by atoms with Gasteiger partial charge in [0.2, 0.25) is 0 Å². The molecule has 0 aliphatic carbocycles. The standard InChI is InChI=1S/C16H15N5O/c1-21-16(18-12-19-21)15(13-7-3-2-4-8-13)20-22-11-14-9-5-6-10-17-14/h2-10,12H,11H2,1H3. The second kappa shape index (κ2) is 6.62. The van der Waals surface area contributed by atoms with Gasteiger partial charge in [0.15, 0.2) is 18.1 Å². The van der Waals surface area contributed by atoms with E-state index < -0.39 is 0 Å². The normalized spacial score (nSPS) is 11.4. The summed E-state index contributed by atoms with van der Waals surface area (Å²) in [5.41, 5.74) is 2.37. The van der Waals surface area contributed by atoms with Gasteiger partial charge in [-0.25, -0.2) is 9.67 Å². The molecular weight excluding hydrogens is 278 g/mol. The van der Waals surface area contributed by atoms with Crippen molar-refractivity contribution in [2.45, 2.75) is 6.61 Å². The first-order valence-corrected chi connectivity index (χ1v) is 6.84. The van der Waals surface area contributed by atoms with E-state index in [1.165, 1.54) is 6.33 Å². The van der Waals surface area contributed by atoms with Crippen molar-refractivity contribution < 1.29 is 4.84 Å². The fourth-order valence-corrected chi connectivity index (χ4v) is 1.98. The molecule has 22 heavy (non-hydrogen) atoms. The molecule has 0 saturated heterocycles. The van der Waals surface area contributed by atoms with Crippen LogP contribution in [0.5, 0.6) is 0 Å². The van der Waals surface area contributed by atoms with E-state index in [2.05, 4.69) is 20.2 Å². The first-order chi connectivity index (χ1) is 10.8. The smallest absolute Gasteiger partial charge is 0.180 e. The molecule has 6 nitrogen and oxygen atoms in total. The molecular formula is C16H15N5O. The number of nitrogens with zero attached hydrogens (tertiary/aromatic N) is 5. The lowest BCUT2D eigenvalue weighted by Gasteiger charge is -2.06. The Labute approximate surface area is 128 Å². The summed E-state index contributed by atoms with van der Waals surface area (Å²) < 4.78 is 1.66. The van der Waals surface area contributed by atoms with Crippen molar-refractivity contribution in [1.29, 1.82) is 0 Å². The molecule has 0 spiro atoms. The fourth-order valence-electron chi connectivity index (χ4n) is 1.98. The third kappa shape index (κ3) is 3.17. The van der Waals surface area contributed by atoms with Crippen molar-refractivity contribution in [3.63, 3.8) is 0 Å². The summed E-state index contributed by atoms with van der Waals surface area (Å²) in [5, 5.41) is 8.33. The monoisotopic (exact) mass is 293 g/mol. The SMILES string of the molecule is Cn1ncnc1C(=NOCc1ccccn1)c1ccccc1. The van der Waals surface area contributed by atoms with Crippen LogP contribution in [-0.4, -0.2) is 25.5 Å². The zero-order chi connectivity index (χ0) is 15.2. The van der Waals surface area contributed by atoms with E-state index in [-0.39, 0.29) is 0 Å². The van der Waals surface area contributed by atoms with Gasteiger partial charge in [0, 0.05) is 18.8 Å². The second-order valence-electron chi connectivity index (χ2n) is 4.61. The topological polar surface area (TPSA) is 65.2 Å². The molecule has 6 heteroatoms. The number of oxime groups is 1. The van der Waals surface area contributed by atoms with Crippen molar-refractivity contribution in [2.24, 2.45) is 12.2 Å². The van der Waals surface area contributed by atoms with Crippen LogP contribution >= 0.6 is 0 Å². The maximum Gasteiger partial charge on any atom is 0.180 e. The summed E-state index contributed by atoms with van der Waals surface area (Å²) in [6, 6.07) is 15.4. The van der Waals surface area contributed by atoms with E-state index in [1.807, 2.05) is 55.6 Å². The molecule has 0 N–H and O–H groups in total. The maximum absolute atomic E-state index is 5.46. The average Bonchev–Trinajstić information content (AvgIpc) is 2.99. The highest BCUT2D eigenvalue weighted by atomic mass is 16.6. The maximum atomic E-state index is 5.46. The van der Waals surface area contributed by atoms with Gasteiger partial charge in [-0.2, -0.15) is 5.10 Å². The lowest BCUT2D eigenvalue weighted by Crippen LogP contribution is -2.12. The van der Waals surface area contributed by atoms with Crippen LogP contribution in [0, 0.1) is 0 Å². The summed E-state index contributed by atoms with van der Waals surface area (Å²) in [5.74, 6) is 0.646. The Morgan fingerprint density at radius 2 is 1.91 bits per heavy atom. The van der Waals surface area contributed by atoms with Gasteiger partial charge < -0.3 is 4.84 Å². The Balaban J connectivity index is 1.86. The van der Waals surface area contributed by atoms with Crippen molar-refractivity contribution >= 4 is 5.71 Å². The summed E-state index contributed by atoms with van der Waals surface area (Å²) in [7, 11) is 1.82. The van der Waals surface area contributed by atoms with Crippen molar-refractivity contribution in [3.05, 3.63) is 78.1 Å². The molecule has 3 aromatic rings. The second-order valence-corrected chi connectivity index (χ2v) is 4.61. The highest BCUT2D eigenvalue weighted by molar-refractivity contribution is 6.10. The van der Waals surface area contributed by atoms with Crippen LogP contribution in [0.4, 0.5) is 0 Å². The third-order valence-electron chi connectivity index (χ3n) is 3.06. The molecule has 0 unspecified atom stereocenters. The predicted octanol–water partition coefficient (Wildman–Crippen LogP) is 2.18. The molecule has 0 saturated carbocycles. The largest absolute Gasteiger partial charge is 0.389 e. The van der Waals surface area contributed by atoms with Gasteiger partial charge in [-0.15, -0.1) is 0 Å². The van der Waals surface area contributed by atoms with E-state index in [0.29, 0.717) is 18.1 Å². The zero-order valence-electron chi connectivity index (χ0n) is 12.1. The van der Waals surface area contributed by atoms with Gasteiger partial charge in [-0.05, 0) is 12.1 Å². The van der Waals surface area contributed by atoms with E-state index in [9.17, 15) is 0 Å². The van der Waals surface area contributed by atoms with Gasteiger partial charge in [0.25, 0.3) is 0 Å². The Bertz CT molecular complexity index is 752. The van der Waals surface area contributed by atoms with Gasteiger partial charge in [0.1, 0.15) is 6.33 Å². The van der Waals surface area contributed by atoms with E-state index in [4.69, 9.17) is 4.84 Å². The summed E-state index contributed by atoms with van der Waals surface area (Å²) >= 11 is 0. The molecule has 110 valence electrons. The van der Waals surface area contributed by atoms with Gasteiger partial charge in [-0.1, -0.05) is 41.6 Å². The summed E-state index contributed by atoms with van der Waals surface area (Å²) in [6.45, 7) is 0.301. The van der Waals surface area contributed by atoms with Gasteiger partial charge in [-0.3, -0.25) is 4.98 Å². The molecule has 2 heterocycles. The van der Waals surface area contributed by atoms with Gasteiger partial charge >= 0.3 is 0 Å². The zero-order valence-corrected chi connectivity index (χ0v) is 12.1.